The van der Waals surface area contributed by atoms with E-state index >= 15 is 0 Å². The lowest BCUT2D eigenvalue weighted by atomic mass is 10.0. The van der Waals surface area contributed by atoms with Crippen molar-refractivity contribution in [2.45, 2.75) is 19.9 Å². The largest absolute Gasteiger partial charge is 0.334 e. The zero-order chi connectivity index (χ0) is 17.6. The van der Waals surface area contributed by atoms with Gasteiger partial charge in [-0.25, -0.2) is 4.39 Å². The molecular formula is C17H16FN5O2. The molecule has 1 amide bonds. The lowest BCUT2D eigenvalue weighted by Crippen LogP contribution is -2.36. The van der Waals surface area contributed by atoms with Crippen LogP contribution in [0.4, 0.5) is 4.39 Å². The molecule has 1 aromatic carbocycles. The topological polar surface area (TPSA) is 77.0 Å². The van der Waals surface area contributed by atoms with E-state index in [4.69, 9.17) is 4.52 Å². The standard InChI is InChI=1S/C17H16FN5O2/c1-10-19-16(25-21-10)15-12-9-23(8-7-14(12)22(2)20-15)17(24)11-5-3-4-6-13(11)18/h3-6H,7-9H2,1-2H3. The Morgan fingerprint density at radius 3 is 2.84 bits per heavy atom. The molecule has 0 saturated carbocycles. The summed E-state index contributed by atoms with van der Waals surface area (Å²) in [4.78, 5) is 18.5. The van der Waals surface area contributed by atoms with E-state index < -0.39 is 5.82 Å². The zero-order valence-corrected chi connectivity index (χ0v) is 13.9. The summed E-state index contributed by atoms with van der Waals surface area (Å²) in [6.07, 6.45) is 0.631. The minimum absolute atomic E-state index is 0.0741. The van der Waals surface area contributed by atoms with Crippen molar-refractivity contribution < 1.29 is 13.7 Å². The van der Waals surface area contributed by atoms with Gasteiger partial charge in [0.25, 0.3) is 11.8 Å². The van der Waals surface area contributed by atoms with Crippen molar-refractivity contribution in [3.8, 4) is 11.6 Å². The molecule has 0 radical (unpaired) electrons. The number of aryl methyl sites for hydroxylation is 2. The first kappa shape index (κ1) is 15.5. The van der Waals surface area contributed by atoms with Crippen molar-refractivity contribution in [3.05, 3.63) is 52.7 Å². The summed E-state index contributed by atoms with van der Waals surface area (Å²) in [6, 6.07) is 6.01. The molecule has 7 nitrogen and oxygen atoms in total. The second-order valence-electron chi connectivity index (χ2n) is 6.00. The maximum atomic E-state index is 13.9. The van der Waals surface area contributed by atoms with Gasteiger partial charge in [-0.15, -0.1) is 0 Å². The Bertz CT molecular complexity index is 962. The average molecular weight is 341 g/mol. The van der Waals surface area contributed by atoms with Gasteiger partial charge in [-0.3, -0.25) is 9.48 Å². The molecule has 0 bridgehead atoms. The third kappa shape index (κ3) is 2.59. The van der Waals surface area contributed by atoms with Gasteiger partial charge in [0.2, 0.25) is 0 Å². The molecule has 0 fully saturated rings. The van der Waals surface area contributed by atoms with Gasteiger partial charge in [0.15, 0.2) is 11.5 Å². The van der Waals surface area contributed by atoms with Crippen LogP contribution in [0.15, 0.2) is 28.8 Å². The van der Waals surface area contributed by atoms with Crippen molar-refractivity contribution in [1.29, 1.82) is 0 Å². The number of halogens is 1. The Kier molecular flexibility index (Phi) is 3.60. The lowest BCUT2D eigenvalue weighted by Gasteiger charge is -2.27. The first-order chi connectivity index (χ1) is 12.0. The van der Waals surface area contributed by atoms with Crippen LogP contribution in [0.5, 0.6) is 0 Å². The van der Waals surface area contributed by atoms with E-state index in [0.717, 1.165) is 11.3 Å². The Balaban J connectivity index is 1.69. The zero-order valence-electron chi connectivity index (χ0n) is 13.9. The number of nitrogens with zero attached hydrogens (tertiary/aromatic N) is 5. The van der Waals surface area contributed by atoms with Crippen LogP contribution in [0.1, 0.15) is 27.4 Å². The molecule has 0 N–H and O–H groups in total. The third-order valence-corrected chi connectivity index (χ3v) is 4.36. The Morgan fingerprint density at radius 1 is 1.32 bits per heavy atom. The molecule has 0 atom stereocenters. The minimum Gasteiger partial charge on any atom is -0.334 e. The average Bonchev–Trinajstić information content (AvgIpc) is 3.18. The fourth-order valence-corrected chi connectivity index (χ4v) is 3.14. The number of carbonyl (C=O) groups excluding carboxylic acids is 1. The van der Waals surface area contributed by atoms with E-state index in [0.29, 0.717) is 36.9 Å². The lowest BCUT2D eigenvalue weighted by molar-refractivity contribution is 0.0729. The second kappa shape index (κ2) is 5.80. The highest BCUT2D eigenvalue weighted by Gasteiger charge is 2.30. The molecular weight excluding hydrogens is 325 g/mol. The first-order valence-electron chi connectivity index (χ1n) is 7.94. The molecule has 0 saturated heterocycles. The second-order valence-corrected chi connectivity index (χ2v) is 6.00. The first-order valence-corrected chi connectivity index (χ1v) is 7.94. The van der Waals surface area contributed by atoms with Crippen LogP contribution in [0.25, 0.3) is 11.6 Å². The molecule has 3 heterocycles. The summed E-state index contributed by atoms with van der Waals surface area (Å²) in [7, 11) is 1.85. The van der Waals surface area contributed by atoms with Gasteiger partial charge < -0.3 is 9.42 Å². The molecule has 1 aliphatic heterocycles. The summed E-state index contributed by atoms with van der Waals surface area (Å²) in [5.41, 5.74) is 2.53. The van der Waals surface area contributed by atoms with Gasteiger partial charge in [0.1, 0.15) is 5.82 Å². The van der Waals surface area contributed by atoms with E-state index in [-0.39, 0.29) is 11.5 Å². The molecule has 4 rings (SSSR count). The van der Waals surface area contributed by atoms with Gasteiger partial charge in [-0.2, -0.15) is 10.1 Å². The van der Waals surface area contributed by atoms with Crippen LogP contribution in [-0.2, 0) is 20.0 Å². The number of fused-ring (bicyclic) bond motifs is 1. The SMILES string of the molecule is Cc1noc(-c2nn(C)c3c2CN(C(=O)c2ccccc2F)CC3)n1. The van der Waals surface area contributed by atoms with Crippen LogP contribution < -0.4 is 0 Å². The van der Waals surface area contributed by atoms with E-state index in [2.05, 4.69) is 15.2 Å². The Morgan fingerprint density at radius 2 is 2.12 bits per heavy atom. The van der Waals surface area contributed by atoms with E-state index in [1.807, 2.05) is 7.05 Å². The predicted molar refractivity (Wildman–Crippen MR) is 86.1 cm³/mol. The number of aromatic nitrogens is 4. The van der Waals surface area contributed by atoms with Crippen LogP contribution in [-0.4, -0.2) is 37.3 Å². The number of hydrogen-bond donors (Lipinski definition) is 0. The van der Waals surface area contributed by atoms with Crippen molar-refractivity contribution >= 4 is 5.91 Å². The summed E-state index contributed by atoms with van der Waals surface area (Å²) < 4.78 is 20.9. The van der Waals surface area contributed by atoms with Crippen LogP contribution in [0, 0.1) is 12.7 Å². The van der Waals surface area contributed by atoms with E-state index in [1.54, 1.807) is 28.6 Å². The molecule has 3 aromatic rings. The van der Waals surface area contributed by atoms with Crippen molar-refractivity contribution in [2.75, 3.05) is 6.54 Å². The quantitative estimate of drug-likeness (QED) is 0.713. The fourth-order valence-electron chi connectivity index (χ4n) is 3.14. The normalized spacial score (nSPS) is 13.8. The third-order valence-electron chi connectivity index (χ3n) is 4.36. The molecule has 128 valence electrons. The maximum absolute atomic E-state index is 13.9. The summed E-state index contributed by atoms with van der Waals surface area (Å²) in [5, 5.41) is 8.27. The van der Waals surface area contributed by atoms with Crippen LogP contribution in [0.3, 0.4) is 0 Å². The highest BCUT2D eigenvalue weighted by molar-refractivity contribution is 5.94. The Labute approximate surface area is 143 Å². The Hall–Kier alpha value is -3.03. The number of benzene rings is 1. The molecule has 8 heteroatoms. The van der Waals surface area contributed by atoms with Gasteiger partial charge >= 0.3 is 0 Å². The highest BCUT2D eigenvalue weighted by atomic mass is 19.1. The number of amides is 1. The smallest absolute Gasteiger partial charge is 0.278 e. The molecule has 0 spiro atoms. The fraction of sp³-hybridized carbons (Fsp3) is 0.294. The van der Waals surface area contributed by atoms with Gasteiger partial charge in [0.05, 0.1) is 12.1 Å². The molecule has 1 aliphatic rings. The summed E-state index contributed by atoms with van der Waals surface area (Å²) >= 11 is 0. The van der Waals surface area contributed by atoms with Gasteiger partial charge in [-0.1, -0.05) is 17.3 Å². The monoisotopic (exact) mass is 341 g/mol. The molecule has 25 heavy (non-hydrogen) atoms. The predicted octanol–water partition coefficient (Wildman–Crippen LogP) is 2.12. The van der Waals surface area contributed by atoms with E-state index in [9.17, 15) is 9.18 Å². The summed E-state index contributed by atoms with van der Waals surface area (Å²) in [5.74, 6) is -0.00321. The van der Waals surface area contributed by atoms with Gasteiger partial charge in [0, 0.05) is 31.3 Å². The summed E-state index contributed by atoms with van der Waals surface area (Å²) in [6.45, 7) is 2.56. The van der Waals surface area contributed by atoms with Crippen LogP contribution in [0.2, 0.25) is 0 Å². The van der Waals surface area contributed by atoms with Crippen molar-refractivity contribution in [2.24, 2.45) is 7.05 Å². The van der Waals surface area contributed by atoms with Crippen molar-refractivity contribution in [3.63, 3.8) is 0 Å². The van der Waals surface area contributed by atoms with Crippen molar-refractivity contribution in [1.82, 2.24) is 24.8 Å². The number of hydrogen-bond acceptors (Lipinski definition) is 5. The van der Waals surface area contributed by atoms with E-state index in [1.165, 1.54) is 12.1 Å². The number of carbonyl (C=O) groups is 1. The van der Waals surface area contributed by atoms with Crippen LogP contribution >= 0.6 is 0 Å². The molecule has 0 aliphatic carbocycles. The maximum Gasteiger partial charge on any atom is 0.278 e. The minimum atomic E-state index is -0.516. The molecule has 0 unspecified atom stereocenters. The molecule has 2 aromatic heterocycles. The van der Waals surface area contributed by atoms with Gasteiger partial charge in [-0.05, 0) is 19.1 Å². The highest BCUT2D eigenvalue weighted by Crippen LogP contribution is 2.29. The number of rotatable bonds is 2.